The van der Waals surface area contributed by atoms with Crippen LogP contribution in [0, 0.1) is 6.92 Å². The number of pyridine rings is 1. The third-order valence-corrected chi connectivity index (χ3v) is 3.10. The summed E-state index contributed by atoms with van der Waals surface area (Å²) in [5.74, 6) is -0.219. The van der Waals surface area contributed by atoms with Gasteiger partial charge in [-0.15, -0.1) is 0 Å². The van der Waals surface area contributed by atoms with Crippen LogP contribution in [-0.2, 0) is 6.54 Å². The van der Waals surface area contributed by atoms with E-state index in [1.165, 1.54) is 0 Å². The molecule has 0 saturated carbocycles. The highest BCUT2D eigenvalue weighted by Gasteiger charge is 2.05. The fourth-order valence-corrected chi connectivity index (χ4v) is 2.00. The second kappa shape index (κ2) is 6.85. The maximum absolute atomic E-state index is 11.7. The van der Waals surface area contributed by atoms with Crippen molar-refractivity contribution in [1.29, 1.82) is 0 Å². The Morgan fingerprint density at radius 2 is 1.90 bits per heavy atom. The molecule has 0 fully saturated rings. The zero-order valence-corrected chi connectivity index (χ0v) is 11.9. The second-order valence-electron chi connectivity index (χ2n) is 4.85. The van der Waals surface area contributed by atoms with E-state index in [9.17, 15) is 9.59 Å². The predicted octanol–water partition coefficient (Wildman–Crippen LogP) is 0.927. The first kappa shape index (κ1) is 15.0. The molecular weight excluding hydrogens is 268 g/mol. The van der Waals surface area contributed by atoms with Crippen molar-refractivity contribution in [3.05, 3.63) is 69.6 Å². The molecule has 1 heterocycles. The zero-order valence-electron chi connectivity index (χ0n) is 11.9. The molecule has 0 radical (unpaired) electrons. The summed E-state index contributed by atoms with van der Waals surface area (Å²) >= 11 is 0. The molecule has 0 aliphatic rings. The van der Waals surface area contributed by atoms with Crippen LogP contribution < -0.4 is 10.9 Å². The summed E-state index contributed by atoms with van der Waals surface area (Å²) in [6.07, 6.45) is 1.81. The van der Waals surface area contributed by atoms with Crippen molar-refractivity contribution < 1.29 is 9.90 Å². The van der Waals surface area contributed by atoms with Gasteiger partial charge in [-0.05, 0) is 30.2 Å². The molecule has 5 heteroatoms. The summed E-state index contributed by atoms with van der Waals surface area (Å²) in [7, 11) is 0. The molecule has 21 heavy (non-hydrogen) atoms. The van der Waals surface area contributed by atoms with Gasteiger partial charge >= 0.3 is 0 Å². The van der Waals surface area contributed by atoms with Gasteiger partial charge in [0.15, 0.2) is 0 Å². The maximum atomic E-state index is 11.7. The third-order valence-electron chi connectivity index (χ3n) is 3.10. The van der Waals surface area contributed by atoms with E-state index in [2.05, 4.69) is 5.32 Å². The molecule has 1 aromatic heterocycles. The highest BCUT2D eigenvalue weighted by Crippen LogP contribution is 2.06. The SMILES string of the molecule is Cc1ccc(=O)n(Cc2ccc(C(=O)NCCO)cc2)c1. The quantitative estimate of drug-likeness (QED) is 0.859. The first-order chi connectivity index (χ1) is 10.1. The number of hydrogen-bond donors (Lipinski definition) is 2. The fraction of sp³-hybridized carbons (Fsp3) is 0.250. The molecule has 1 amide bonds. The topological polar surface area (TPSA) is 71.3 Å². The van der Waals surface area contributed by atoms with Gasteiger partial charge in [0.2, 0.25) is 0 Å². The Morgan fingerprint density at radius 1 is 1.19 bits per heavy atom. The number of nitrogens with one attached hydrogen (secondary N) is 1. The van der Waals surface area contributed by atoms with E-state index < -0.39 is 0 Å². The Balaban J connectivity index is 2.10. The van der Waals surface area contributed by atoms with Gasteiger partial charge in [0.25, 0.3) is 11.5 Å². The Kier molecular flexibility index (Phi) is 4.90. The molecule has 0 saturated heterocycles. The molecule has 0 unspecified atom stereocenters. The smallest absolute Gasteiger partial charge is 0.251 e. The van der Waals surface area contributed by atoms with Crippen molar-refractivity contribution in [3.8, 4) is 0 Å². The Morgan fingerprint density at radius 3 is 2.57 bits per heavy atom. The number of rotatable bonds is 5. The highest BCUT2D eigenvalue weighted by molar-refractivity contribution is 5.94. The Hall–Kier alpha value is -2.40. The van der Waals surface area contributed by atoms with Gasteiger partial charge in [-0.3, -0.25) is 9.59 Å². The number of aliphatic hydroxyl groups is 1. The van der Waals surface area contributed by atoms with E-state index in [-0.39, 0.29) is 24.6 Å². The number of aromatic nitrogens is 1. The van der Waals surface area contributed by atoms with Gasteiger partial charge in [0.05, 0.1) is 13.2 Å². The lowest BCUT2D eigenvalue weighted by Gasteiger charge is -2.08. The second-order valence-corrected chi connectivity index (χ2v) is 4.85. The maximum Gasteiger partial charge on any atom is 0.251 e. The lowest BCUT2D eigenvalue weighted by atomic mass is 10.1. The van der Waals surface area contributed by atoms with Crippen molar-refractivity contribution in [2.24, 2.45) is 0 Å². The summed E-state index contributed by atoms with van der Waals surface area (Å²) < 4.78 is 1.64. The van der Waals surface area contributed by atoms with Gasteiger partial charge in [0.1, 0.15) is 0 Å². The summed E-state index contributed by atoms with van der Waals surface area (Å²) in [5, 5.41) is 11.3. The number of carbonyl (C=O) groups excluding carboxylic acids is 1. The van der Waals surface area contributed by atoms with Crippen molar-refractivity contribution in [1.82, 2.24) is 9.88 Å². The molecule has 1 aromatic carbocycles. The molecule has 110 valence electrons. The van der Waals surface area contributed by atoms with Crippen molar-refractivity contribution in [3.63, 3.8) is 0 Å². The Labute approximate surface area is 122 Å². The van der Waals surface area contributed by atoms with E-state index in [1.807, 2.05) is 25.3 Å². The number of hydrogen-bond acceptors (Lipinski definition) is 3. The number of aryl methyl sites for hydroxylation is 1. The fourth-order valence-electron chi connectivity index (χ4n) is 2.00. The molecule has 5 nitrogen and oxygen atoms in total. The largest absolute Gasteiger partial charge is 0.395 e. The molecule has 0 bridgehead atoms. The molecule has 0 aliphatic carbocycles. The molecule has 2 aromatic rings. The highest BCUT2D eigenvalue weighted by atomic mass is 16.3. The van der Waals surface area contributed by atoms with Gasteiger partial charge in [0, 0.05) is 24.4 Å². The van der Waals surface area contributed by atoms with Crippen LogP contribution in [0.1, 0.15) is 21.5 Å². The number of benzene rings is 1. The minimum absolute atomic E-state index is 0.0506. The van der Waals surface area contributed by atoms with E-state index in [0.29, 0.717) is 12.1 Å². The monoisotopic (exact) mass is 286 g/mol. The van der Waals surface area contributed by atoms with Crippen LogP contribution in [0.3, 0.4) is 0 Å². The first-order valence-electron chi connectivity index (χ1n) is 6.75. The average Bonchev–Trinajstić information content (AvgIpc) is 2.49. The van der Waals surface area contributed by atoms with Crippen LogP contribution in [0.4, 0.5) is 0 Å². The van der Waals surface area contributed by atoms with E-state index in [4.69, 9.17) is 5.11 Å². The summed E-state index contributed by atoms with van der Waals surface area (Å²) in [6.45, 7) is 2.56. The standard InChI is InChI=1S/C16H18N2O3/c1-12-2-7-15(20)18(10-12)11-13-3-5-14(6-4-13)16(21)17-8-9-19/h2-7,10,19H,8-9,11H2,1H3,(H,17,21). The van der Waals surface area contributed by atoms with Crippen LogP contribution in [0.5, 0.6) is 0 Å². The van der Waals surface area contributed by atoms with Crippen LogP contribution in [0.2, 0.25) is 0 Å². The zero-order chi connectivity index (χ0) is 15.2. The summed E-state index contributed by atoms with van der Waals surface area (Å²) in [4.78, 5) is 23.4. The third kappa shape index (κ3) is 4.03. The minimum atomic E-state index is -0.219. The van der Waals surface area contributed by atoms with Gasteiger partial charge in [-0.1, -0.05) is 18.2 Å². The molecule has 0 atom stereocenters. The molecule has 2 N–H and O–H groups in total. The molecule has 0 aliphatic heterocycles. The molecule has 2 rings (SSSR count). The minimum Gasteiger partial charge on any atom is -0.395 e. The number of aliphatic hydroxyl groups excluding tert-OH is 1. The van der Waals surface area contributed by atoms with Crippen LogP contribution in [0.25, 0.3) is 0 Å². The van der Waals surface area contributed by atoms with Gasteiger partial charge < -0.3 is 15.0 Å². The lowest BCUT2D eigenvalue weighted by molar-refractivity contribution is 0.0945. The van der Waals surface area contributed by atoms with Crippen LogP contribution in [0.15, 0.2) is 47.4 Å². The number of carbonyl (C=O) groups is 1. The van der Waals surface area contributed by atoms with Gasteiger partial charge in [-0.25, -0.2) is 0 Å². The van der Waals surface area contributed by atoms with Crippen molar-refractivity contribution >= 4 is 5.91 Å². The van der Waals surface area contributed by atoms with Crippen molar-refractivity contribution in [2.45, 2.75) is 13.5 Å². The van der Waals surface area contributed by atoms with Gasteiger partial charge in [-0.2, -0.15) is 0 Å². The lowest BCUT2D eigenvalue weighted by Crippen LogP contribution is -2.26. The van der Waals surface area contributed by atoms with Crippen molar-refractivity contribution in [2.75, 3.05) is 13.2 Å². The first-order valence-corrected chi connectivity index (χ1v) is 6.75. The molecular formula is C16H18N2O3. The summed E-state index contributed by atoms with van der Waals surface area (Å²) in [6, 6.07) is 10.4. The predicted molar refractivity (Wildman–Crippen MR) is 80.4 cm³/mol. The number of amides is 1. The average molecular weight is 286 g/mol. The molecule has 0 spiro atoms. The summed E-state index contributed by atoms with van der Waals surface area (Å²) in [5.41, 5.74) is 2.45. The van der Waals surface area contributed by atoms with Crippen LogP contribution >= 0.6 is 0 Å². The normalized spacial score (nSPS) is 10.4. The Bertz CT molecular complexity index is 675. The van der Waals surface area contributed by atoms with E-state index >= 15 is 0 Å². The van der Waals surface area contributed by atoms with Crippen LogP contribution in [-0.4, -0.2) is 28.7 Å². The number of nitrogens with zero attached hydrogens (tertiary/aromatic N) is 1. The van der Waals surface area contributed by atoms with E-state index in [0.717, 1.165) is 11.1 Å². The van der Waals surface area contributed by atoms with E-state index in [1.54, 1.807) is 28.8 Å².